The highest BCUT2D eigenvalue weighted by Crippen LogP contribution is 2.30. The van der Waals surface area contributed by atoms with Crippen molar-refractivity contribution >= 4 is 38.6 Å². The summed E-state index contributed by atoms with van der Waals surface area (Å²) in [5.74, 6) is 0. The number of rotatable bonds is 6. The fourth-order valence-corrected chi connectivity index (χ4v) is 4.10. The number of hydrogen-bond acceptors (Lipinski definition) is 4. The van der Waals surface area contributed by atoms with Crippen LogP contribution in [0.4, 0.5) is 0 Å². The maximum atomic E-state index is 4.56. The van der Waals surface area contributed by atoms with Gasteiger partial charge in [0.05, 0.1) is 8.79 Å². The summed E-state index contributed by atoms with van der Waals surface area (Å²) in [5, 5.41) is 6.95. The first-order valence-corrected chi connectivity index (χ1v) is 8.57. The van der Waals surface area contributed by atoms with Gasteiger partial charge in [0.15, 0.2) is 0 Å². The molecule has 2 nitrogen and oxygen atoms in total. The molecule has 2 rings (SSSR count). The Morgan fingerprint density at radius 2 is 2.28 bits per heavy atom. The topological polar surface area (TPSA) is 24.9 Å². The van der Waals surface area contributed by atoms with E-state index in [2.05, 4.69) is 57.6 Å². The number of thiazole rings is 1. The van der Waals surface area contributed by atoms with Crippen molar-refractivity contribution in [3.05, 3.63) is 36.9 Å². The molecule has 0 bridgehead atoms. The second-order valence-electron chi connectivity index (χ2n) is 4.24. The highest BCUT2D eigenvalue weighted by Gasteiger charge is 2.15. The van der Waals surface area contributed by atoms with Gasteiger partial charge >= 0.3 is 0 Å². The van der Waals surface area contributed by atoms with Crippen LogP contribution in [0.1, 0.15) is 35.0 Å². The van der Waals surface area contributed by atoms with Gasteiger partial charge in [-0.25, -0.2) is 4.98 Å². The second-order valence-corrected chi connectivity index (χ2v) is 7.67. The van der Waals surface area contributed by atoms with Crippen molar-refractivity contribution in [3.63, 3.8) is 0 Å². The van der Waals surface area contributed by atoms with Crippen LogP contribution in [0.5, 0.6) is 0 Å². The highest BCUT2D eigenvalue weighted by atomic mass is 79.9. The summed E-state index contributed by atoms with van der Waals surface area (Å²) in [6, 6.07) is 4.70. The van der Waals surface area contributed by atoms with Gasteiger partial charge in [-0.05, 0) is 48.0 Å². The third-order valence-corrected chi connectivity index (χ3v) is 5.35. The van der Waals surface area contributed by atoms with Gasteiger partial charge in [0.2, 0.25) is 0 Å². The Kier molecular flexibility index (Phi) is 5.36. The van der Waals surface area contributed by atoms with E-state index >= 15 is 0 Å². The van der Waals surface area contributed by atoms with E-state index < -0.39 is 0 Å². The molecule has 98 valence electrons. The number of nitrogens with zero attached hydrogens (tertiary/aromatic N) is 1. The van der Waals surface area contributed by atoms with Crippen molar-refractivity contribution in [2.75, 3.05) is 6.54 Å². The van der Waals surface area contributed by atoms with Gasteiger partial charge in [-0.1, -0.05) is 6.92 Å². The van der Waals surface area contributed by atoms with Crippen LogP contribution in [-0.2, 0) is 6.42 Å². The van der Waals surface area contributed by atoms with Gasteiger partial charge in [-0.15, -0.1) is 22.7 Å². The highest BCUT2D eigenvalue weighted by molar-refractivity contribution is 9.11. The summed E-state index contributed by atoms with van der Waals surface area (Å²) in [7, 11) is 0. The predicted molar refractivity (Wildman–Crippen MR) is 83.6 cm³/mol. The molecule has 0 aliphatic rings. The van der Waals surface area contributed by atoms with Crippen molar-refractivity contribution < 1.29 is 0 Å². The lowest BCUT2D eigenvalue weighted by Crippen LogP contribution is -2.23. The number of aromatic nitrogens is 1. The Morgan fingerprint density at radius 3 is 2.83 bits per heavy atom. The minimum Gasteiger partial charge on any atom is -0.309 e. The van der Waals surface area contributed by atoms with E-state index in [1.54, 1.807) is 22.7 Å². The number of nitrogens with one attached hydrogen (secondary N) is 1. The molecule has 1 atom stereocenters. The van der Waals surface area contributed by atoms with Gasteiger partial charge in [-0.2, -0.15) is 0 Å². The molecular weight excluding hydrogens is 328 g/mol. The molecule has 0 radical (unpaired) electrons. The van der Waals surface area contributed by atoms with E-state index in [0.29, 0.717) is 6.04 Å². The van der Waals surface area contributed by atoms with Crippen molar-refractivity contribution in [1.82, 2.24) is 10.3 Å². The maximum Gasteiger partial charge on any atom is 0.0947 e. The lowest BCUT2D eigenvalue weighted by Gasteiger charge is -2.15. The molecule has 0 aromatic carbocycles. The van der Waals surface area contributed by atoms with Gasteiger partial charge < -0.3 is 5.32 Å². The molecule has 18 heavy (non-hydrogen) atoms. The average Bonchev–Trinajstić information content (AvgIpc) is 2.93. The molecule has 1 unspecified atom stereocenters. The SMILES string of the molecule is CCCNC(Cc1nc(C)cs1)c1ccc(Br)s1. The normalized spacial score (nSPS) is 12.8. The number of thiophene rings is 1. The zero-order valence-electron chi connectivity index (χ0n) is 10.6. The maximum absolute atomic E-state index is 4.56. The van der Waals surface area contributed by atoms with Crippen molar-refractivity contribution in [3.8, 4) is 0 Å². The molecule has 0 saturated heterocycles. The third kappa shape index (κ3) is 3.88. The zero-order valence-corrected chi connectivity index (χ0v) is 13.8. The Morgan fingerprint density at radius 1 is 1.44 bits per heavy atom. The van der Waals surface area contributed by atoms with Crippen LogP contribution in [0, 0.1) is 6.92 Å². The first kappa shape index (κ1) is 14.2. The summed E-state index contributed by atoms with van der Waals surface area (Å²) >= 11 is 7.09. The van der Waals surface area contributed by atoms with Crippen LogP contribution in [-0.4, -0.2) is 11.5 Å². The van der Waals surface area contributed by atoms with Gasteiger partial charge in [0.1, 0.15) is 0 Å². The third-order valence-electron chi connectivity index (χ3n) is 2.62. The standard InChI is InChI=1S/C13H17BrN2S2/c1-3-6-15-10(11-4-5-12(14)18-11)7-13-16-9(2)8-17-13/h4-5,8,10,15H,3,6-7H2,1-2H3. The van der Waals surface area contributed by atoms with E-state index in [9.17, 15) is 0 Å². The van der Waals surface area contributed by atoms with Crippen LogP contribution >= 0.6 is 38.6 Å². The molecule has 0 amide bonds. The van der Waals surface area contributed by atoms with Gasteiger partial charge in [0.25, 0.3) is 0 Å². The molecule has 5 heteroatoms. The average molecular weight is 345 g/mol. The summed E-state index contributed by atoms with van der Waals surface area (Å²) < 4.78 is 1.19. The first-order valence-electron chi connectivity index (χ1n) is 6.08. The smallest absolute Gasteiger partial charge is 0.0947 e. The van der Waals surface area contributed by atoms with E-state index in [1.807, 2.05) is 0 Å². The Balaban J connectivity index is 2.09. The van der Waals surface area contributed by atoms with Crippen molar-refractivity contribution in [2.24, 2.45) is 0 Å². The largest absolute Gasteiger partial charge is 0.309 e. The second kappa shape index (κ2) is 6.80. The Hall–Kier alpha value is -0.230. The molecule has 0 fully saturated rings. The fraction of sp³-hybridized carbons (Fsp3) is 0.462. The van der Waals surface area contributed by atoms with E-state index in [0.717, 1.165) is 25.1 Å². The Labute approximate surface area is 125 Å². The molecule has 0 spiro atoms. The minimum absolute atomic E-state index is 0.381. The molecule has 1 N–H and O–H groups in total. The van der Waals surface area contributed by atoms with Crippen LogP contribution in [0.15, 0.2) is 21.3 Å². The molecule has 2 heterocycles. The minimum atomic E-state index is 0.381. The number of halogens is 1. The van der Waals surface area contributed by atoms with Crippen LogP contribution < -0.4 is 5.32 Å². The van der Waals surface area contributed by atoms with E-state index in [4.69, 9.17) is 0 Å². The fourth-order valence-electron chi connectivity index (χ4n) is 1.78. The van der Waals surface area contributed by atoms with Crippen molar-refractivity contribution in [1.29, 1.82) is 0 Å². The predicted octanol–water partition coefficient (Wildman–Crippen LogP) is 4.56. The summed E-state index contributed by atoms with van der Waals surface area (Å²) in [5.41, 5.74) is 1.12. The van der Waals surface area contributed by atoms with E-state index in [1.165, 1.54) is 13.7 Å². The summed E-state index contributed by atoms with van der Waals surface area (Å²) in [6.45, 7) is 5.29. The van der Waals surface area contributed by atoms with Crippen molar-refractivity contribution in [2.45, 2.75) is 32.7 Å². The number of hydrogen-bond donors (Lipinski definition) is 1. The zero-order chi connectivity index (χ0) is 13.0. The molecular formula is C13H17BrN2S2. The molecule has 2 aromatic rings. The lowest BCUT2D eigenvalue weighted by atomic mass is 10.1. The lowest BCUT2D eigenvalue weighted by molar-refractivity contribution is 0.535. The van der Waals surface area contributed by atoms with Gasteiger partial charge in [0, 0.05) is 28.4 Å². The van der Waals surface area contributed by atoms with Crippen LogP contribution in [0.25, 0.3) is 0 Å². The van der Waals surface area contributed by atoms with E-state index in [-0.39, 0.29) is 0 Å². The summed E-state index contributed by atoms with van der Waals surface area (Å²) in [4.78, 5) is 5.94. The molecule has 0 aliphatic carbocycles. The number of aryl methyl sites for hydroxylation is 1. The Bertz CT molecular complexity index is 493. The molecule has 2 aromatic heterocycles. The quantitative estimate of drug-likeness (QED) is 0.830. The molecule has 0 aliphatic heterocycles. The summed E-state index contributed by atoms with van der Waals surface area (Å²) in [6.07, 6.45) is 2.13. The monoisotopic (exact) mass is 344 g/mol. The van der Waals surface area contributed by atoms with Crippen LogP contribution in [0.3, 0.4) is 0 Å². The molecule has 0 saturated carbocycles. The first-order chi connectivity index (χ1) is 8.69. The van der Waals surface area contributed by atoms with Gasteiger partial charge in [-0.3, -0.25) is 0 Å². The van der Waals surface area contributed by atoms with Crippen LogP contribution in [0.2, 0.25) is 0 Å².